The summed E-state index contributed by atoms with van der Waals surface area (Å²) in [5, 5.41) is 15.8. The molecule has 6 N–H and O–H groups in total. The van der Waals surface area contributed by atoms with Crippen LogP contribution in [-0.4, -0.2) is 17.5 Å². The Labute approximate surface area is 149 Å². The number of nitrogen functional groups attached to an aromatic ring is 2. The highest BCUT2D eigenvalue weighted by atomic mass is 35.5. The standard InChI is InChI=1S/C17H16Cl2N4O/c18-13-3-9(1-11(7-13)16(20)21)5-15(24)6-10-2-12(17(22)23)8-14(19)4-10/h1-4,7-8H,5-6H2,(H3,20,21)(H3,22,23). The van der Waals surface area contributed by atoms with Gasteiger partial charge in [-0.25, -0.2) is 0 Å². The van der Waals surface area contributed by atoms with Gasteiger partial charge in [0.25, 0.3) is 0 Å². The molecule has 0 saturated heterocycles. The summed E-state index contributed by atoms with van der Waals surface area (Å²) in [5.41, 5.74) is 13.3. The van der Waals surface area contributed by atoms with Gasteiger partial charge in [0, 0.05) is 34.0 Å². The van der Waals surface area contributed by atoms with Gasteiger partial charge in [0.2, 0.25) is 0 Å². The molecule has 0 heterocycles. The maximum atomic E-state index is 12.3. The summed E-state index contributed by atoms with van der Waals surface area (Å²) in [7, 11) is 0. The van der Waals surface area contributed by atoms with E-state index in [1.807, 2.05) is 0 Å². The van der Waals surface area contributed by atoms with Crippen LogP contribution in [0.2, 0.25) is 10.0 Å². The quantitative estimate of drug-likeness (QED) is 0.467. The summed E-state index contributed by atoms with van der Waals surface area (Å²) < 4.78 is 0. The van der Waals surface area contributed by atoms with Crippen molar-refractivity contribution in [3.63, 3.8) is 0 Å². The number of hydrogen-bond acceptors (Lipinski definition) is 3. The topological polar surface area (TPSA) is 117 Å². The van der Waals surface area contributed by atoms with Crippen LogP contribution in [0.3, 0.4) is 0 Å². The Morgan fingerprint density at radius 2 is 1.17 bits per heavy atom. The highest BCUT2D eigenvalue weighted by Gasteiger charge is 2.10. The number of hydrogen-bond donors (Lipinski definition) is 4. The summed E-state index contributed by atoms with van der Waals surface area (Å²) in [5.74, 6) is -0.261. The average molecular weight is 363 g/mol. The molecule has 0 aliphatic heterocycles. The van der Waals surface area contributed by atoms with Crippen molar-refractivity contribution in [2.24, 2.45) is 11.5 Å². The molecule has 2 aromatic rings. The van der Waals surface area contributed by atoms with Crippen LogP contribution in [0.4, 0.5) is 0 Å². The van der Waals surface area contributed by atoms with Gasteiger partial charge in [-0.2, -0.15) is 0 Å². The van der Waals surface area contributed by atoms with Crippen LogP contribution in [-0.2, 0) is 17.6 Å². The van der Waals surface area contributed by atoms with E-state index in [1.54, 1.807) is 36.4 Å². The Hall–Kier alpha value is -2.37. The smallest absolute Gasteiger partial charge is 0.141 e. The molecular formula is C17H16Cl2N4O. The number of rotatable bonds is 6. The average Bonchev–Trinajstić information content (AvgIpc) is 2.45. The molecule has 0 unspecified atom stereocenters. The first-order chi connectivity index (χ1) is 11.2. The van der Waals surface area contributed by atoms with E-state index < -0.39 is 0 Å². The Bertz CT molecular complexity index is 766. The van der Waals surface area contributed by atoms with E-state index in [-0.39, 0.29) is 30.3 Å². The second-order valence-electron chi connectivity index (χ2n) is 5.42. The zero-order chi connectivity index (χ0) is 17.9. The number of halogens is 2. The molecule has 0 fully saturated rings. The van der Waals surface area contributed by atoms with Gasteiger partial charge in [0.05, 0.1) is 0 Å². The minimum absolute atomic E-state index is 0.0523. The van der Waals surface area contributed by atoms with Crippen molar-refractivity contribution in [3.8, 4) is 0 Å². The van der Waals surface area contributed by atoms with Gasteiger partial charge in [0.15, 0.2) is 0 Å². The van der Waals surface area contributed by atoms with Gasteiger partial charge in [-0.3, -0.25) is 15.6 Å². The molecule has 7 heteroatoms. The Morgan fingerprint density at radius 1 is 0.792 bits per heavy atom. The maximum absolute atomic E-state index is 12.3. The normalized spacial score (nSPS) is 10.4. The molecule has 0 aliphatic carbocycles. The van der Waals surface area contributed by atoms with Crippen molar-refractivity contribution in [2.45, 2.75) is 12.8 Å². The Kier molecular flexibility index (Phi) is 5.59. The first-order valence-corrected chi connectivity index (χ1v) is 7.79. The molecule has 0 saturated carbocycles. The molecule has 124 valence electrons. The number of amidine groups is 2. The third kappa shape index (κ3) is 4.81. The number of nitrogens with two attached hydrogens (primary N) is 2. The van der Waals surface area contributed by atoms with Crippen molar-refractivity contribution < 1.29 is 4.79 Å². The van der Waals surface area contributed by atoms with E-state index in [0.29, 0.717) is 32.3 Å². The molecular weight excluding hydrogens is 347 g/mol. The van der Waals surface area contributed by atoms with Gasteiger partial charge < -0.3 is 11.5 Å². The fourth-order valence-electron chi connectivity index (χ4n) is 2.33. The molecule has 24 heavy (non-hydrogen) atoms. The summed E-state index contributed by atoms with van der Waals surface area (Å²) in [6.45, 7) is 0. The molecule has 5 nitrogen and oxygen atoms in total. The lowest BCUT2D eigenvalue weighted by Gasteiger charge is -2.07. The molecule has 0 spiro atoms. The van der Waals surface area contributed by atoms with Crippen LogP contribution in [0, 0.1) is 10.8 Å². The van der Waals surface area contributed by atoms with Crippen LogP contribution in [0.5, 0.6) is 0 Å². The van der Waals surface area contributed by atoms with Gasteiger partial charge >= 0.3 is 0 Å². The van der Waals surface area contributed by atoms with E-state index in [1.165, 1.54) is 0 Å². The van der Waals surface area contributed by atoms with Crippen molar-refractivity contribution in [3.05, 3.63) is 68.7 Å². The number of carbonyl (C=O) groups excluding carboxylic acids is 1. The molecule has 0 bridgehead atoms. The van der Waals surface area contributed by atoms with E-state index in [0.717, 1.165) is 0 Å². The maximum Gasteiger partial charge on any atom is 0.141 e. The second kappa shape index (κ2) is 7.47. The van der Waals surface area contributed by atoms with E-state index in [9.17, 15) is 4.79 Å². The summed E-state index contributed by atoms with van der Waals surface area (Å²) in [6, 6.07) is 9.84. The highest BCUT2D eigenvalue weighted by molar-refractivity contribution is 6.31. The number of ketones is 1. The van der Waals surface area contributed by atoms with Crippen molar-refractivity contribution in [1.29, 1.82) is 10.8 Å². The lowest BCUT2D eigenvalue weighted by molar-refractivity contribution is -0.117. The molecule has 0 amide bonds. The minimum atomic E-state index is -0.104. The second-order valence-corrected chi connectivity index (χ2v) is 6.29. The van der Waals surface area contributed by atoms with Gasteiger partial charge in [0.1, 0.15) is 17.5 Å². The lowest BCUT2D eigenvalue weighted by atomic mass is 9.99. The molecule has 0 aliphatic rings. The van der Waals surface area contributed by atoms with Gasteiger partial charge in [-0.1, -0.05) is 23.2 Å². The summed E-state index contributed by atoms with van der Waals surface area (Å²) >= 11 is 12.0. The lowest BCUT2D eigenvalue weighted by Crippen LogP contribution is -2.14. The van der Waals surface area contributed by atoms with Crippen molar-refractivity contribution in [1.82, 2.24) is 0 Å². The molecule has 0 atom stereocenters. The first-order valence-electron chi connectivity index (χ1n) is 7.04. The third-order valence-corrected chi connectivity index (χ3v) is 3.78. The molecule has 0 radical (unpaired) electrons. The van der Waals surface area contributed by atoms with Crippen LogP contribution in [0.15, 0.2) is 36.4 Å². The van der Waals surface area contributed by atoms with Crippen LogP contribution >= 0.6 is 23.2 Å². The van der Waals surface area contributed by atoms with E-state index >= 15 is 0 Å². The van der Waals surface area contributed by atoms with E-state index in [4.69, 9.17) is 45.5 Å². The Balaban J connectivity index is 2.17. The number of benzene rings is 2. The largest absolute Gasteiger partial charge is 0.384 e. The predicted octanol–water partition coefficient (Wildman–Crippen LogP) is 2.92. The zero-order valence-electron chi connectivity index (χ0n) is 12.7. The fraction of sp³-hybridized carbons (Fsp3) is 0.118. The monoisotopic (exact) mass is 362 g/mol. The van der Waals surface area contributed by atoms with E-state index in [2.05, 4.69) is 0 Å². The highest BCUT2D eigenvalue weighted by Crippen LogP contribution is 2.18. The van der Waals surface area contributed by atoms with Crippen LogP contribution in [0.1, 0.15) is 22.3 Å². The van der Waals surface area contributed by atoms with Crippen molar-refractivity contribution in [2.75, 3.05) is 0 Å². The zero-order valence-corrected chi connectivity index (χ0v) is 14.2. The fourth-order valence-corrected chi connectivity index (χ4v) is 2.85. The van der Waals surface area contributed by atoms with Crippen LogP contribution < -0.4 is 11.5 Å². The van der Waals surface area contributed by atoms with Gasteiger partial charge in [-0.15, -0.1) is 0 Å². The SMILES string of the molecule is N=C(N)c1cc(Cl)cc(CC(=O)Cc2cc(Cl)cc(C(=N)N)c2)c1. The Morgan fingerprint density at radius 3 is 1.50 bits per heavy atom. The van der Waals surface area contributed by atoms with Gasteiger partial charge in [-0.05, 0) is 47.5 Å². The number of carbonyl (C=O) groups is 1. The predicted molar refractivity (Wildman–Crippen MR) is 97.4 cm³/mol. The summed E-state index contributed by atoms with van der Waals surface area (Å²) in [4.78, 5) is 12.3. The molecule has 2 rings (SSSR count). The van der Waals surface area contributed by atoms with Crippen molar-refractivity contribution >= 4 is 40.7 Å². The van der Waals surface area contributed by atoms with Crippen LogP contribution in [0.25, 0.3) is 0 Å². The summed E-state index contributed by atoms with van der Waals surface area (Å²) in [6.07, 6.45) is 0.311. The first kappa shape index (κ1) is 18.0. The number of nitrogens with one attached hydrogen (secondary N) is 2. The molecule has 0 aromatic heterocycles. The number of Topliss-reactive ketones (excluding diaryl/α,β-unsaturated/α-hetero) is 1. The molecule has 2 aromatic carbocycles. The minimum Gasteiger partial charge on any atom is -0.384 e. The third-order valence-electron chi connectivity index (χ3n) is 3.34.